The highest BCUT2D eigenvalue weighted by Gasteiger charge is 2.30. The molecule has 0 N–H and O–H groups in total. The number of nitrogens with zero attached hydrogens (tertiary/aromatic N) is 1. The molecule has 8 heteroatoms. The molecule has 0 spiro atoms. The van der Waals surface area contributed by atoms with E-state index in [-0.39, 0.29) is 16.4 Å². The molecule has 5 nitrogen and oxygen atoms in total. The van der Waals surface area contributed by atoms with Crippen LogP contribution < -0.4 is 0 Å². The lowest BCUT2D eigenvalue weighted by atomic mass is 10.4. The van der Waals surface area contributed by atoms with Gasteiger partial charge in [0.05, 0.1) is 6.16 Å². The summed E-state index contributed by atoms with van der Waals surface area (Å²) in [5.74, 6) is -0.923. The van der Waals surface area contributed by atoms with E-state index in [0.29, 0.717) is 6.42 Å². The Morgan fingerprint density at radius 2 is 1.89 bits per heavy atom. The van der Waals surface area contributed by atoms with Gasteiger partial charge in [-0.2, -0.15) is 0 Å². The van der Waals surface area contributed by atoms with Gasteiger partial charge in [-0.05, 0) is 6.42 Å². The summed E-state index contributed by atoms with van der Waals surface area (Å²) in [6.45, 7) is 1.94. The fraction of sp³-hybridized carbons (Fsp3) is 0.700. The minimum absolute atomic E-state index is 0.200. The molecule has 0 heterocycles. The predicted molar refractivity (Wildman–Crippen MR) is 72.9 cm³/mol. The smallest absolute Gasteiger partial charge is 0.379 e. The van der Waals surface area contributed by atoms with Gasteiger partial charge in [0, 0.05) is 21.2 Å². The molecule has 0 aromatic heterocycles. The number of unbranched alkanes of at least 4 members (excludes halogenated alkanes) is 1. The summed E-state index contributed by atoms with van der Waals surface area (Å²) in [5.41, 5.74) is 0. The molecule has 0 aromatic rings. The zero-order valence-corrected chi connectivity index (χ0v) is 13.3. The van der Waals surface area contributed by atoms with Gasteiger partial charge >= 0.3 is 7.60 Å². The fourth-order valence-corrected chi connectivity index (χ4v) is 2.87. The van der Waals surface area contributed by atoms with Crippen LogP contribution in [0.3, 0.4) is 0 Å². The van der Waals surface area contributed by atoms with Crippen molar-refractivity contribution in [3.05, 3.63) is 10.3 Å². The SMILES string of the molecule is CCCCP(=O)(OC)OC(C(=O)N(C)C)=C(Cl)Cl. The minimum Gasteiger partial charge on any atom is -0.416 e. The van der Waals surface area contributed by atoms with Gasteiger partial charge in [-0.3, -0.25) is 4.79 Å². The molecule has 18 heavy (non-hydrogen) atoms. The van der Waals surface area contributed by atoms with E-state index in [4.69, 9.17) is 32.2 Å². The molecule has 106 valence electrons. The molecule has 1 amide bonds. The highest BCUT2D eigenvalue weighted by atomic mass is 35.5. The van der Waals surface area contributed by atoms with Crippen molar-refractivity contribution in [3.63, 3.8) is 0 Å². The van der Waals surface area contributed by atoms with Crippen LogP contribution in [-0.2, 0) is 18.4 Å². The molecule has 0 saturated heterocycles. The first kappa shape index (κ1) is 17.8. The second kappa shape index (κ2) is 8.05. The summed E-state index contributed by atoms with van der Waals surface area (Å²) in [6, 6.07) is 0. The Bertz CT molecular complexity index is 367. The van der Waals surface area contributed by atoms with E-state index in [9.17, 15) is 9.36 Å². The van der Waals surface area contributed by atoms with Crippen molar-refractivity contribution in [2.24, 2.45) is 0 Å². The number of amides is 1. The van der Waals surface area contributed by atoms with Gasteiger partial charge in [-0.15, -0.1) is 0 Å². The number of carbonyl (C=O) groups is 1. The van der Waals surface area contributed by atoms with Gasteiger partial charge < -0.3 is 13.9 Å². The van der Waals surface area contributed by atoms with E-state index in [2.05, 4.69) is 0 Å². The summed E-state index contributed by atoms with van der Waals surface area (Å²) in [4.78, 5) is 13.0. The lowest BCUT2D eigenvalue weighted by Gasteiger charge is -2.20. The van der Waals surface area contributed by atoms with Gasteiger partial charge in [-0.25, -0.2) is 4.57 Å². The van der Waals surface area contributed by atoms with Crippen LogP contribution in [0.25, 0.3) is 0 Å². The van der Waals surface area contributed by atoms with Crippen LogP contribution in [0.5, 0.6) is 0 Å². The van der Waals surface area contributed by atoms with E-state index < -0.39 is 13.5 Å². The largest absolute Gasteiger partial charge is 0.416 e. The maximum Gasteiger partial charge on any atom is 0.379 e. The van der Waals surface area contributed by atoms with Crippen LogP contribution in [-0.4, -0.2) is 38.2 Å². The zero-order chi connectivity index (χ0) is 14.3. The first-order chi connectivity index (χ1) is 8.27. The topological polar surface area (TPSA) is 55.8 Å². The van der Waals surface area contributed by atoms with Crippen molar-refractivity contribution >= 4 is 36.7 Å². The first-order valence-electron chi connectivity index (χ1n) is 5.38. The molecule has 0 aliphatic rings. The molecule has 0 aliphatic carbocycles. The van der Waals surface area contributed by atoms with Crippen molar-refractivity contribution < 1.29 is 18.4 Å². The number of halogens is 2. The number of likely N-dealkylation sites (N-methyl/N-ethyl adjacent to an activating group) is 1. The van der Waals surface area contributed by atoms with Crippen LogP contribution in [0.1, 0.15) is 19.8 Å². The lowest BCUT2D eigenvalue weighted by molar-refractivity contribution is -0.127. The highest BCUT2D eigenvalue weighted by molar-refractivity contribution is 7.54. The Morgan fingerprint density at radius 1 is 1.33 bits per heavy atom. The van der Waals surface area contributed by atoms with Gasteiger partial charge in [0.25, 0.3) is 5.91 Å². The average Bonchev–Trinajstić information content (AvgIpc) is 2.32. The predicted octanol–water partition coefficient (Wildman–Crippen LogP) is 3.38. The van der Waals surface area contributed by atoms with Crippen LogP contribution in [0.2, 0.25) is 0 Å². The normalized spacial score (nSPS) is 13.7. The average molecular weight is 318 g/mol. The maximum absolute atomic E-state index is 12.2. The third-order valence-corrected chi connectivity index (χ3v) is 4.29. The summed E-state index contributed by atoms with van der Waals surface area (Å²) in [5, 5.41) is 0. The second-order valence-corrected chi connectivity index (χ2v) is 6.92. The molecular formula is C10H18Cl2NO4P. The minimum atomic E-state index is -3.39. The molecule has 0 radical (unpaired) electrons. The van der Waals surface area contributed by atoms with Crippen molar-refractivity contribution in [2.45, 2.75) is 19.8 Å². The lowest BCUT2D eigenvalue weighted by Crippen LogP contribution is -2.25. The summed E-state index contributed by atoms with van der Waals surface area (Å²) in [6.07, 6.45) is 1.67. The molecule has 0 bridgehead atoms. The third-order valence-electron chi connectivity index (χ3n) is 2.07. The Labute approximate surface area is 118 Å². The van der Waals surface area contributed by atoms with Gasteiger partial charge in [0.1, 0.15) is 0 Å². The third kappa shape index (κ3) is 5.61. The van der Waals surface area contributed by atoms with Crippen molar-refractivity contribution in [3.8, 4) is 0 Å². The van der Waals surface area contributed by atoms with Crippen LogP contribution in [0, 0.1) is 0 Å². The Kier molecular flexibility index (Phi) is 7.95. The van der Waals surface area contributed by atoms with E-state index >= 15 is 0 Å². The van der Waals surface area contributed by atoms with Gasteiger partial charge in [0.2, 0.25) is 5.76 Å². The molecule has 1 atom stereocenters. The van der Waals surface area contributed by atoms with Crippen molar-refractivity contribution in [1.29, 1.82) is 0 Å². The fourth-order valence-electron chi connectivity index (χ4n) is 1.02. The summed E-state index contributed by atoms with van der Waals surface area (Å²) >= 11 is 11.2. The molecule has 0 aromatic carbocycles. The molecule has 0 aliphatic heterocycles. The molecule has 0 rings (SSSR count). The number of carbonyl (C=O) groups excluding carboxylic acids is 1. The summed E-state index contributed by atoms with van der Waals surface area (Å²) in [7, 11) is 0.878. The summed E-state index contributed by atoms with van der Waals surface area (Å²) < 4.78 is 21.8. The molecule has 0 saturated carbocycles. The zero-order valence-electron chi connectivity index (χ0n) is 10.9. The quantitative estimate of drug-likeness (QED) is 0.410. The first-order valence-corrected chi connectivity index (χ1v) is 7.87. The monoisotopic (exact) mass is 317 g/mol. The standard InChI is InChI=1S/C10H18Cl2NO4P/c1-5-6-7-18(15,16-4)17-8(9(11)12)10(14)13(2)3/h5-7H2,1-4H3. The Hall–Kier alpha value is -0.220. The van der Waals surface area contributed by atoms with Crippen molar-refractivity contribution in [1.82, 2.24) is 4.90 Å². The van der Waals surface area contributed by atoms with Crippen LogP contribution >= 0.6 is 30.8 Å². The van der Waals surface area contributed by atoms with E-state index in [0.717, 1.165) is 6.42 Å². The number of hydrogen-bond acceptors (Lipinski definition) is 4. The number of hydrogen-bond donors (Lipinski definition) is 0. The Balaban J connectivity index is 5.05. The second-order valence-electron chi connectivity index (χ2n) is 3.75. The van der Waals surface area contributed by atoms with Crippen molar-refractivity contribution in [2.75, 3.05) is 27.4 Å². The van der Waals surface area contributed by atoms with Crippen LogP contribution in [0.4, 0.5) is 0 Å². The van der Waals surface area contributed by atoms with Gasteiger partial charge in [0.15, 0.2) is 4.49 Å². The van der Waals surface area contributed by atoms with E-state index in [1.54, 1.807) is 0 Å². The van der Waals surface area contributed by atoms with Gasteiger partial charge in [-0.1, -0.05) is 36.5 Å². The molecule has 1 unspecified atom stereocenters. The molecule has 0 fully saturated rings. The highest BCUT2D eigenvalue weighted by Crippen LogP contribution is 2.51. The van der Waals surface area contributed by atoms with E-state index in [1.165, 1.54) is 26.1 Å². The maximum atomic E-state index is 12.2. The molecular weight excluding hydrogens is 300 g/mol. The van der Waals surface area contributed by atoms with E-state index in [1.807, 2.05) is 6.92 Å². The number of rotatable bonds is 7. The Morgan fingerprint density at radius 3 is 2.22 bits per heavy atom. The van der Waals surface area contributed by atoms with Crippen LogP contribution in [0.15, 0.2) is 10.3 Å².